The van der Waals surface area contributed by atoms with Crippen LogP contribution in [0.2, 0.25) is 0 Å². The molecule has 0 aliphatic rings. The number of hydrogen-bond donors (Lipinski definition) is 1. The topological polar surface area (TPSA) is 51.0 Å². The zero-order chi connectivity index (χ0) is 12.4. The van der Waals surface area contributed by atoms with E-state index < -0.39 is 0 Å². The standard InChI is InChI=1S/C12H14BrN3O/c1-7(2)9-6-10(14-3)16-12(15-9)11-8(13)4-5-17-11/h4-7H,1-3H3,(H,14,15,16). The van der Waals surface area contributed by atoms with Crippen LogP contribution in [0.25, 0.3) is 11.6 Å². The van der Waals surface area contributed by atoms with Gasteiger partial charge in [0.2, 0.25) is 0 Å². The van der Waals surface area contributed by atoms with Crippen molar-refractivity contribution < 1.29 is 4.42 Å². The summed E-state index contributed by atoms with van der Waals surface area (Å²) in [6.07, 6.45) is 1.61. The Bertz CT molecular complexity index is 522. The monoisotopic (exact) mass is 295 g/mol. The van der Waals surface area contributed by atoms with E-state index in [-0.39, 0.29) is 0 Å². The van der Waals surface area contributed by atoms with Crippen LogP contribution in [-0.4, -0.2) is 17.0 Å². The molecule has 17 heavy (non-hydrogen) atoms. The van der Waals surface area contributed by atoms with Crippen LogP contribution in [0.1, 0.15) is 25.5 Å². The molecule has 0 saturated heterocycles. The molecule has 2 heterocycles. The maximum atomic E-state index is 5.38. The van der Waals surface area contributed by atoms with E-state index in [1.807, 2.05) is 19.2 Å². The quantitative estimate of drug-likeness (QED) is 0.939. The number of nitrogens with zero attached hydrogens (tertiary/aromatic N) is 2. The Kier molecular flexibility index (Phi) is 3.47. The molecule has 2 rings (SSSR count). The summed E-state index contributed by atoms with van der Waals surface area (Å²) in [6, 6.07) is 3.78. The van der Waals surface area contributed by atoms with Gasteiger partial charge in [-0.2, -0.15) is 0 Å². The summed E-state index contributed by atoms with van der Waals surface area (Å²) in [5.74, 6) is 2.39. The highest BCUT2D eigenvalue weighted by molar-refractivity contribution is 9.10. The van der Waals surface area contributed by atoms with Gasteiger partial charge in [-0.05, 0) is 27.9 Å². The Balaban J connectivity index is 2.54. The van der Waals surface area contributed by atoms with Crippen molar-refractivity contribution in [2.45, 2.75) is 19.8 Å². The lowest BCUT2D eigenvalue weighted by Gasteiger charge is -2.09. The van der Waals surface area contributed by atoms with Crippen molar-refractivity contribution in [1.82, 2.24) is 9.97 Å². The number of anilines is 1. The lowest BCUT2D eigenvalue weighted by Crippen LogP contribution is -2.02. The van der Waals surface area contributed by atoms with Crippen LogP contribution >= 0.6 is 15.9 Å². The third-order valence-electron chi connectivity index (χ3n) is 2.41. The van der Waals surface area contributed by atoms with Crippen molar-refractivity contribution >= 4 is 21.7 Å². The van der Waals surface area contributed by atoms with Gasteiger partial charge in [0.15, 0.2) is 11.6 Å². The van der Waals surface area contributed by atoms with Crippen molar-refractivity contribution in [3.63, 3.8) is 0 Å². The van der Waals surface area contributed by atoms with Crippen molar-refractivity contribution in [2.24, 2.45) is 0 Å². The molecule has 2 aromatic heterocycles. The maximum Gasteiger partial charge on any atom is 0.199 e. The van der Waals surface area contributed by atoms with E-state index in [0.29, 0.717) is 17.5 Å². The molecule has 0 amide bonds. The predicted octanol–water partition coefficient (Wildman–Crippen LogP) is 3.66. The Morgan fingerprint density at radius 2 is 2.12 bits per heavy atom. The highest BCUT2D eigenvalue weighted by Gasteiger charge is 2.13. The lowest BCUT2D eigenvalue weighted by molar-refractivity contribution is 0.575. The Morgan fingerprint density at radius 1 is 1.35 bits per heavy atom. The van der Waals surface area contributed by atoms with Gasteiger partial charge in [-0.15, -0.1) is 0 Å². The van der Waals surface area contributed by atoms with E-state index in [1.165, 1.54) is 0 Å². The largest absolute Gasteiger partial charge is 0.460 e. The van der Waals surface area contributed by atoms with Gasteiger partial charge in [0.05, 0.1) is 10.7 Å². The van der Waals surface area contributed by atoms with Crippen molar-refractivity contribution in [3.8, 4) is 11.6 Å². The van der Waals surface area contributed by atoms with Crippen molar-refractivity contribution in [1.29, 1.82) is 0 Å². The van der Waals surface area contributed by atoms with Crippen LogP contribution in [0.5, 0.6) is 0 Å². The van der Waals surface area contributed by atoms with Crippen LogP contribution in [0.4, 0.5) is 5.82 Å². The summed E-state index contributed by atoms with van der Waals surface area (Å²) in [7, 11) is 1.84. The molecule has 2 aromatic rings. The van der Waals surface area contributed by atoms with Gasteiger partial charge in [0, 0.05) is 18.8 Å². The lowest BCUT2D eigenvalue weighted by atomic mass is 10.1. The molecule has 90 valence electrons. The highest BCUT2D eigenvalue weighted by atomic mass is 79.9. The molecule has 0 saturated carbocycles. The molecular formula is C12H14BrN3O. The summed E-state index contributed by atoms with van der Waals surface area (Å²) in [4.78, 5) is 8.90. The van der Waals surface area contributed by atoms with E-state index in [0.717, 1.165) is 16.0 Å². The average Bonchev–Trinajstić information content (AvgIpc) is 2.74. The van der Waals surface area contributed by atoms with Gasteiger partial charge in [-0.3, -0.25) is 0 Å². The van der Waals surface area contributed by atoms with Gasteiger partial charge in [0.25, 0.3) is 0 Å². The van der Waals surface area contributed by atoms with Crippen LogP contribution in [-0.2, 0) is 0 Å². The van der Waals surface area contributed by atoms with Crippen LogP contribution in [0.15, 0.2) is 27.3 Å². The molecule has 0 aliphatic carbocycles. The molecule has 0 aromatic carbocycles. The van der Waals surface area contributed by atoms with Crippen LogP contribution < -0.4 is 5.32 Å². The minimum atomic E-state index is 0.345. The highest BCUT2D eigenvalue weighted by Crippen LogP contribution is 2.28. The number of aromatic nitrogens is 2. The van der Waals surface area contributed by atoms with Gasteiger partial charge in [0.1, 0.15) is 5.82 Å². The smallest absolute Gasteiger partial charge is 0.199 e. The van der Waals surface area contributed by atoms with Crippen molar-refractivity contribution in [3.05, 3.63) is 28.6 Å². The number of rotatable bonds is 3. The molecule has 5 heteroatoms. The Labute approximate surface area is 109 Å². The van der Waals surface area contributed by atoms with Gasteiger partial charge < -0.3 is 9.73 Å². The fourth-order valence-electron chi connectivity index (χ4n) is 1.44. The normalized spacial score (nSPS) is 10.9. The number of furan rings is 1. The zero-order valence-corrected chi connectivity index (χ0v) is 11.6. The first kappa shape index (κ1) is 12.1. The minimum absolute atomic E-state index is 0.345. The third kappa shape index (κ3) is 2.49. The summed E-state index contributed by atoms with van der Waals surface area (Å²) in [6.45, 7) is 4.20. The van der Waals surface area contributed by atoms with E-state index in [1.54, 1.807) is 6.26 Å². The number of nitrogens with one attached hydrogen (secondary N) is 1. The summed E-state index contributed by atoms with van der Waals surface area (Å²) in [5, 5.41) is 3.04. The molecule has 0 unspecified atom stereocenters. The zero-order valence-electron chi connectivity index (χ0n) is 9.99. The number of halogens is 1. The molecule has 0 atom stereocenters. The fraction of sp³-hybridized carbons (Fsp3) is 0.333. The van der Waals surface area contributed by atoms with Gasteiger partial charge >= 0.3 is 0 Å². The summed E-state index contributed by atoms with van der Waals surface area (Å²) < 4.78 is 6.25. The van der Waals surface area contributed by atoms with Crippen molar-refractivity contribution in [2.75, 3.05) is 12.4 Å². The first-order valence-corrected chi connectivity index (χ1v) is 6.21. The molecule has 4 nitrogen and oxygen atoms in total. The molecule has 1 N–H and O–H groups in total. The molecule has 0 aliphatic heterocycles. The van der Waals surface area contributed by atoms with E-state index in [2.05, 4.69) is 45.1 Å². The third-order valence-corrected chi connectivity index (χ3v) is 3.04. The molecule has 0 radical (unpaired) electrons. The first-order chi connectivity index (χ1) is 8.11. The summed E-state index contributed by atoms with van der Waals surface area (Å²) >= 11 is 3.42. The van der Waals surface area contributed by atoms with Crippen LogP contribution in [0.3, 0.4) is 0 Å². The molecular weight excluding hydrogens is 282 g/mol. The molecule has 0 bridgehead atoms. The van der Waals surface area contributed by atoms with E-state index >= 15 is 0 Å². The summed E-state index contributed by atoms with van der Waals surface area (Å²) in [5.41, 5.74) is 0.989. The Morgan fingerprint density at radius 3 is 2.65 bits per heavy atom. The van der Waals surface area contributed by atoms with E-state index in [9.17, 15) is 0 Å². The first-order valence-electron chi connectivity index (χ1n) is 5.42. The van der Waals surface area contributed by atoms with E-state index in [4.69, 9.17) is 4.42 Å². The fourth-order valence-corrected chi connectivity index (χ4v) is 1.82. The minimum Gasteiger partial charge on any atom is -0.460 e. The van der Waals surface area contributed by atoms with Crippen LogP contribution in [0, 0.1) is 0 Å². The van der Waals surface area contributed by atoms with Gasteiger partial charge in [-0.1, -0.05) is 13.8 Å². The average molecular weight is 296 g/mol. The predicted molar refractivity (Wildman–Crippen MR) is 71.1 cm³/mol. The second-order valence-corrected chi connectivity index (χ2v) is 4.86. The molecule has 0 fully saturated rings. The maximum absolute atomic E-state index is 5.38. The van der Waals surface area contributed by atoms with Gasteiger partial charge in [-0.25, -0.2) is 9.97 Å². The Hall–Kier alpha value is -1.36. The SMILES string of the molecule is CNc1cc(C(C)C)nc(-c2occc2Br)n1. The second kappa shape index (κ2) is 4.87. The number of hydrogen-bond acceptors (Lipinski definition) is 4. The molecule has 0 spiro atoms. The second-order valence-electron chi connectivity index (χ2n) is 4.00.